The fraction of sp³-hybridized carbons (Fsp3) is 0.474. The number of hydrogen-bond donors (Lipinski definition) is 2. The number of nitrogens with one attached hydrogen (secondary N) is 2. The Balaban J connectivity index is 1.78. The average Bonchev–Trinajstić information content (AvgIpc) is 2.88. The molecule has 1 atom stereocenters. The molecule has 1 unspecified atom stereocenters. The van der Waals surface area contributed by atoms with Gasteiger partial charge < -0.3 is 10.6 Å². The fourth-order valence-electron chi connectivity index (χ4n) is 2.58. The molecular formula is C19H28N4S. The van der Waals surface area contributed by atoms with E-state index in [1.807, 2.05) is 7.05 Å². The van der Waals surface area contributed by atoms with Gasteiger partial charge in [0.15, 0.2) is 5.96 Å². The zero-order valence-electron chi connectivity index (χ0n) is 15.3. The first-order chi connectivity index (χ1) is 11.5. The van der Waals surface area contributed by atoms with E-state index in [0.29, 0.717) is 5.92 Å². The number of hydrogen-bond acceptors (Lipinski definition) is 3. The van der Waals surface area contributed by atoms with Crippen LogP contribution in [0.15, 0.2) is 29.3 Å². The first kappa shape index (κ1) is 18.5. The molecule has 0 aliphatic heterocycles. The van der Waals surface area contributed by atoms with Gasteiger partial charge in [0.05, 0.1) is 10.7 Å². The van der Waals surface area contributed by atoms with Crippen molar-refractivity contribution in [3.63, 3.8) is 0 Å². The van der Waals surface area contributed by atoms with E-state index in [4.69, 9.17) is 0 Å². The summed E-state index contributed by atoms with van der Waals surface area (Å²) in [5, 5.41) is 7.94. The minimum Gasteiger partial charge on any atom is -0.356 e. The van der Waals surface area contributed by atoms with Crippen LogP contribution in [-0.4, -0.2) is 31.1 Å². The van der Waals surface area contributed by atoms with E-state index in [1.54, 1.807) is 11.3 Å². The number of guanidine groups is 1. The number of nitrogens with zero attached hydrogens (tertiary/aromatic N) is 2. The van der Waals surface area contributed by atoms with Crippen LogP contribution >= 0.6 is 11.3 Å². The maximum atomic E-state index is 4.47. The van der Waals surface area contributed by atoms with E-state index in [-0.39, 0.29) is 0 Å². The van der Waals surface area contributed by atoms with E-state index in [1.165, 1.54) is 16.0 Å². The summed E-state index contributed by atoms with van der Waals surface area (Å²) in [5.41, 5.74) is 3.79. The second kappa shape index (κ2) is 8.83. The number of aromatic nitrogens is 1. The number of benzene rings is 1. The van der Waals surface area contributed by atoms with Crippen LogP contribution in [0.2, 0.25) is 0 Å². The van der Waals surface area contributed by atoms with Crippen LogP contribution in [0.3, 0.4) is 0 Å². The quantitative estimate of drug-likeness (QED) is 0.622. The molecule has 1 heterocycles. The molecule has 130 valence electrons. The monoisotopic (exact) mass is 344 g/mol. The Morgan fingerprint density at radius 1 is 1.17 bits per heavy atom. The maximum Gasteiger partial charge on any atom is 0.191 e. The van der Waals surface area contributed by atoms with Crippen molar-refractivity contribution in [2.75, 3.05) is 20.1 Å². The van der Waals surface area contributed by atoms with Crippen molar-refractivity contribution in [2.24, 2.45) is 4.99 Å². The number of thiazole rings is 1. The molecule has 1 aromatic carbocycles. The van der Waals surface area contributed by atoms with Crippen molar-refractivity contribution in [2.45, 2.75) is 40.0 Å². The maximum absolute atomic E-state index is 4.47. The van der Waals surface area contributed by atoms with Crippen LogP contribution < -0.4 is 10.6 Å². The molecule has 0 radical (unpaired) electrons. The normalized spacial score (nSPS) is 13.0. The average molecular weight is 345 g/mol. The van der Waals surface area contributed by atoms with Gasteiger partial charge in [-0.15, -0.1) is 11.3 Å². The standard InChI is InChI=1S/C19H28N4S/c1-13-6-8-17(9-7-13)14(2)12-22-19(20-5)21-11-10-18-15(3)23-16(4)24-18/h6-9,14H,10-12H2,1-5H3,(H2,20,21,22). The van der Waals surface area contributed by atoms with Gasteiger partial charge in [-0.2, -0.15) is 0 Å². The predicted molar refractivity (Wildman–Crippen MR) is 104 cm³/mol. The fourth-order valence-corrected chi connectivity index (χ4v) is 3.52. The van der Waals surface area contributed by atoms with Gasteiger partial charge in [0.2, 0.25) is 0 Å². The third-order valence-corrected chi connectivity index (χ3v) is 5.22. The van der Waals surface area contributed by atoms with Gasteiger partial charge in [-0.3, -0.25) is 4.99 Å². The second-order valence-electron chi connectivity index (χ2n) is 6.18. The summed E-state index contributed by atoms with van der Waals surface area (Å²) < 4.78 is 0. The van der Waals surface area contributed by atoms with Gasteiger partial charge in [0.25, 0.3) is 0 Å². The molecule has 0 spiro atoms. The van der Waals surface area contributed by atoms with Crippen LogP contribution in [0.4, 0.5) is 0 Å². The topological polar surface area (TPSA) is 49.3 Å². The van der Waals surface area contributed by atoms with E-state index >= 15 is 0 Å². The summed E-state index contributed by atoms with van der Waals surface area (Å²) in [5.74, 6) is 1.29. The third-order valence-electron chi connectivity index (χ3n) is 4.09. The summed E-state index contributed by atoms with van der Waals surface area (Å²) in [6.45, 7) is 10.2. The summed E-state index contributed by atoms with van der Waals surface area (Å²) in [6, 6.07) is 8.73. The van der Waals surface area contributed by atoms with E-state index in [0.717, 1.165) is 36.2 Å². The van der Waals surface area contributed by atoms with Crippen LogP contribution in [0.5, 0.6) is 0 Å². The molecule has 4 nitrogen and oxygen atoms in total. The molecule has 0 bridgehead atoms. The van der Waals surface area contributed by atoms with Crippen LogP contribution in [0.25, 0.3) is 0 Å². The minimum atomic E-state index is 0.440. The predicted octanol–water partition coefficient (Wildman–Crippen LogP) is 3.58. The number of aliphatic imine (C=N–C) groups is 1. The lowest BCUT2D eigenvalue weighted by Gasteiger charge is -2.16. The Hall–Kier alpha value is -1.88. The largest absolute Gasteiger partial charge is 0.356 e. The van der Waals surface area contributed by atoms with Crippen molar-refractivity contribution >= 4 is 17.3 Å². The van der Waals surface area contributed by atoms with Gasteiger partial charge in [-0.25, -0.2) is 4.98 Å². The minimum absolute atomic E-state index is 0.440. The summed E-state index contributed by atoms with van der Waals surface area (Å²) in [4.78, 5) is 10.1. The Labute approximate surface area is 149 Å². The number of aryl methyl sites for hydroxylation is 3. The lowest BCUT2D eigenvalue weighted by atomic mass is 10.0. The zero-order chi connectivity index (χ0) is 17.5. The first-order valence-electron chi connectivity index (χ1n) is 8.43. The molecule has 0 aliphatic carbocycles. The molecule has 5 heteroatoms. The Bertz CT molecular complexity index is 673. The Morgan fingerprint density at radius 3 is 2.46 bits per heavy atom. The molecule has 2 rings (SSSR count). The molecular weight excluding hydrogens is 316 g/mol. The molecule has 0 saturated heterocycles. The molecule has 1 aromatic heterocycles. The first-order valence-corrected chi connectivity index (χ1v) is 9.25. The Kier molecular flexibility index (Phi) is 6.79. The molecule has 2 aromatic rings. The lowest BCUT2D eigenvalue weighted by molar-refractivity contribution is 0.698. The van der Waals surface area contributed by atoms with E-state index in [2.05, 4.69) is 72.6 Å². The van der Waals surface area contributed by atoms with Crippen molar-refractivity contribution in [1.29, 1.82) is 0 Å². The SMILES string of the molecule is CN=C(NCCc1sc(C)nc1C)NCC(C)c1ccc(C)cc1. The second-order valence-corrected chi connectivity index (χ2v) is 7.47. The van der Waals surface area contributed by atoms with Gasteiger partial charge in [-0.05, 0) is 32.3 Å². The molecule has 0 aliphatic rings. The zero-order valence-corrected chi connectivity index (χ0v) is 16.1. The van der Waals surface area contributed by atoms with Crippen molar-refractivity contribution < 1.29 is 0 Å². The number of rotatable bonds is 6. The van der Waals surface area contributed by atoms with E-state index in [9.17, 15) is 0 Å². The van der Waals surface area contributed by atoms with Gasteiger partial charge in [-0.1, -0.05) is 36.8 Å². The van der Waals surface area contributed by atoms with Crippen LogP contribution in [0.1, 0.15) is 39.5 Å². The highest BCUT2D eigenvalue weighted by molar-refractivity contribution is 7.11. The third kappa shape index (κ3) is 5.34. The van der Waals surface area contributed by atoms with Crippen molar-refractivity contribution in [3.8, 4) is 0 Å². The van der Waals surface area contributed by atoms with Crippen LogP contribution in [0, 0.1) is 20.8 Å². The Morgan fingerprint density at radius 2 is 1.88 bits per heavy atom. The van der Waals surface area contributed by atoms with Crippen molar-refractivity contribution in [3.05, 3.63) is 51.0 Å². The molecule has 0 fully saturated rings. The summed E-state index contributed by atoms with van der Waals surface area (Å²) in [7, 11) is 1.81. The van der Waals surface area contributed by atoms with Gasteiger partial charge in [0, 0.05) is 31.4 Å². The lowest BCUT2D eigenvalue weighted by Crippen LogP contribution is -2.39. The smallest absolute Gasteiger partial charge is 0.191 e. The molecule has 2 N–H and O–H groups in total. The molecule has 0 saturated carbocycles. The van der Waals surface area contributed by atoms with Gasteiger partial charge in [0.1, 0.15) is 0 Å². The van der Waals surface area contributed by atoms with Crippen LogP contribution in [-0.2, 0) is 6.42 Å². The highest BCUT2D eigenvalue weighted by Crippen LogP contribution is 2.17. The molecule has 24 heavy (non-hydrogen) atoms. The van der Waals surface area contributed by atoms with Crippen molar-refractivity contribution in [1.82, 2.24) is 15.6 Å². The van der Waals surface area contributed by atoms with Gasteiger partial charge >= 0.3 is 0 Å². The summed E-state index contributed by atoms with van der Waals surface area (Å²) >= 11 is 1.78. The highest BCUT2D eigenvalue weighted by Gasteiger charge is 2.08. The van der Waals surface area contributed by atoms with E-state index < -0.39 is 0 Å². The molecule has 0 amide bonds. The highest BCUT2D eigenvalue weighted by atomic mass is 32.1. The summed E-state index contributed by atoms with van der Waals surface area (Å²) in [6.07, 6.45) is 0.978.